The van der Waals surface area contributed by atoms with Gasteiger partial charge < -0.3 is 14.6 Å². The van der Waals surface area contributed by atoms with Gasteiger partial charge in [0.25, 0.3) is 11.5 Å². The molecule has 29 heavy (non-hydrogen) atoms. The SMILES string of the molecule is Cc1cc(C(=O)N2CCCC(C3CC(=O)c4cc(F)ccc4O3)C2)c(=O)[nH]c1C. The third-order valence-corrected chi connectivity index (χ3v) is 5.91. The maximum absolute atomic E-state index is 13.4. The number of aromatic nitrogens is 1. The van der Waals surface area contributed by atoms with Gasteiger partial charge in [-0.25, -0.2) is 4.39 Å². The average Bonchev–Trinajstić information content (AvgIpc) is 2.70. The van der Waals surface area contributed by atoms with Crippen molar-refractivity contribution >= 4 is 11.7 Å². The molecule has 2 aliphatic heterocycles. The Kier molecular flexibility index (Phi) is 4.98. The fourth-order valence-electron chi connectivity index (χ4n) is 4.14. The predicted molar refractivity (Wildman–Crippen MR) is 105 cm³/mol. The number of carbonyl (C=O) groups is 2. The molecular weight excluding hydrogens is 375 g/mol. The Morgan fingerprint density at radius 1 is 1.24 bits per heavy atom. The van der Waals surface area contributed by atoms with Gasteiger partial charge in [0.15, 0.2) is 5.78 Å². The monoisotopic (exact) mass is 398 g/mol. The summed E-state index contributed by atoms with van der Waals surface area (Å²) in [6.45, 7) is 4.62. The quantitative estimate of drug-likeness (QED) is 0.843. The lowest BCUT2D eigenvalue weighted by Gasteiger charge is -2.38. The molecule has 0 spiro atoms. The fraction of sp³-hybridized carbons (Fsp3) is 0.409. The van der Waals surface area contributed by atoms with Crippen molar-refractivity contribution in [1.82, 2.24) is 9.88 Å². The first-order valence-electron chi connectivity index (χ1n) is 9.82. The summed E-state index contributed by atoms with van der Waals surface area (Å²) >= 11 is 0. The number of hydrogen-bond acceptors (Lipinski definition) is 4. The van der Waals surface area contributed by atoms with Gasteiger partial charge in [0, 0.05) is 31.1 Å². The van der Waals surface area contributed by atoms with Crippen LogP contribution in [0.1, 0.15) is 51.2 Å². The number of halogens is 1. The Morgan fingerprint density at radius 2 is 2.03 bits per heavy atom. The number of hydrogen-bond donors (Lipinski definition) is 1. The number of carbonyl (C=O) groups excluding carboxylic acids is 2. The van der Waals surface area contributed by atoms with Gasteiger partial charge in [-0.05, 0) is 56.5 Å². The molecule has 0 saturated carbocycles. The molecule has 1 aromatic carbocycles. The summed E-state index contributed by atoms with van der Waals surface area (Å²) < 4.78 is 19.4. The van der Waals surface area contributed by atoms with Gasteiger partial charge in [-0.15, -0.1) is 0 Å². The summed E-state index contributed by atoms with van der Waals surface area (Å²) in [7, 11) is 0. The molecular formula is C22H23FN2O4. The van der Waals surface area contributed by atoms with Gasteiger partial charge in [0.1, 0.15) is 23.2 Å². The topological polar surface area (TPSA) is 79.5 Å². The largest absolute Gasteiger partial charge is 0.489 e. The first kappa shape index (κ1) is 19.4. The lowest BCUT2D eigenvalue weighted by molar-refractivity contribution is 0.0407. The number of nitrogens with one attached hydrogen (secondary N) is 1. The Balaban J connectivity index is 1.52. The number of aryl methyl sites for hydroxylation is 2. The highest BCUT2D eigenvalue weighted by atomic mass is 19.1. The highest BCUT2D eigenvalue weighted by Crippen LogP contribution is 2.34. The van der Waals surface area contributed by atoms with Crippen LogP contribution in [0.4, 0.5) is 4.39 Å². The molecule has 1 amide bonds. The smallest absolute Gasteiger partial charge is 0.261 e. The second kappa shape index (κ2) is 7.46. The van der Waals surface area contributed by atoms with E-state index in [9.17, 15) is 18.8 Å². The van der Waals surface area contributed by atoms with Crippen molar-refractivity contribution in [1.29, 1.82) is 0 Å². The standard InChI is InChI=1S/C22H23FN2O4/c1-12-8-17(21(27)24-13(12)2)22(28)25-7-3-4-14(11-25)20-10-18(26)16-9-15(23)5-6-19(16)29-20/h5-6,8-9,14,20H,3-4,7,10-11H2,1-2H3,(H,24,27). The molecule has 1 fully saturated rings. The van der Waals surface area contributed by atoms with Gasteiger partial charge in [-0.3, -0.25) is 14.4 Å². The summed E-state index contributed by atoms with van der Waals surface area (Å²) in [6.07, 6.45) is 1.38. The molecule has 0 bridgehead atoms. The molecule has 7 heteroatoms. The number of likely N-dealkylation sites (tertiary alicyclic amines) is 1. The number of rotatable bonds is 2. The van der Waals surface area contributed by atoms with Crippen molar-refractivity contribution in [2.75, 3.05) is 13.1 Å². The van der Waals surface area contributed by atoms with Gasteiger partial charge >= 0.3 is 0 Å². The lowest BCUT2D eigenvalue weighted by atomic mass is 9.86. The van der Waals surface area contributed by atoms with E-state index in [0.29, 0.717) is 18.8 Å². The van der Waals surface area contributed by atoms with E-state index in [1.807, 2.05) is 6.92 Å². The van der Waals surface area contributed by atoms with Crippen LogP contribution in [0.3, 0.4) is 0 Å². The molecule has 2 aliphatic rings. The van der Waals surface area contributed by atoms with Crippen LogP contribution < -0.4 is 10.3 Å². The van der Waals surface area contributed by atoms with Crippen molar-refractivity contribution in [3.8, 4) is 5.75 Å². The van der Waals surface area contributed by atoms with Crippen LogP contribution in [0, 0.1) is 25.6 Å². The second-order valence-electron chi connectivity index (χ2n) is 7.90. The van der Waals surface area contributed by atoms with Crippen molar-refractivity contribution in [3.63, 3.8) is 0 Å². The molecule has 1 aromatic heterocycles. The van der Waals surface area contributed by atoms with Gasteiger partial charge in [-0.2, -0.15) is 0 Å². The number of benzene rings is 1. The van der Waals surface area contributed by atoms with Crippen molar-refractivity contribution in [3.05, 3.63) is 62.8 Å². The number of pyridine rings is 1. The molecule has 1 saturated heterocycles. The number of piperidine rings is 1. The van der Waals surface area contributed by atoms with Crippen LogP contribution in [-0.4, -0.2) is 40.8 Å². The molecule has 2 unspecified atom stereocenters. The Labute approximate surface area is 167 Å². The molecule has 6 nitrogen and oxygen atoms in total. The van der Waals surface area contributed by atoms with Crippen LogP contribution in [-0.2, 0) is 0 Å². The zero-order valence-corrected chi connectivity index (χ0v) is 16.5. The van der Waals surface area contributed by atoms with Crippen LogP contribution in [0.2, 0.25) is 0 Å². The number of nitrogens with zero attached hydrogens (tertiary/aromatic N) is 1. The minimum absolute atomic E-state index is 0.0273. The summed E-state index contributed by atoms with van der Waals surface area (Å²) in [4.78, 5) is 42.1. The number of ether oxygens (including phenoxy) is 1. The van der Waals surface area contributed by atoms with Crippen LogP contribution in [0.25, 0.3) is 0 Å². The summed E-state index contributed by atoms with van der Waals surface area (Å²) in [5, 5.41) is 0. The van der Waals surface area contributed by atoms with E-state index in [0.717, 1.165) is 24.1 Å². The van der Waals surface area contributed by atoms with Crippen LogP contribution in [0.5, 0.6) is 5.75 Å². The lowest BCUT2D eigenvalue weighted by Crippen LogP contribution is -2.47. The molecule has 2 atom stereocenters. The van der Waals surface area contributed by atoms with Crippen molar-refractivity contribution in [2.24, 2.45) is 5.92 Å². The number of ketones is 1. The van der Waals surface area contributed by atoms with Crippen molar-refractivity contribution < 1.29 is 18.7 Å². The van der Waals surface area contributed by atoms with E-state index < -0.39 is 5.82 Å². The minimum atomic E-state index is -0.466. The molecule has 152 valence electrons. The summed E-state index contributed by atoms with van der Waals surface area (Å²) in [6, 6.07) is 5.59. The van der Waals surface area contributed by atoms with E-state index >= 15 is 0 Å². The van der Waals surface area contributed by atoms with Gasteiger partial charge in [0.2, 0.25) is 0 Å². The molecule has 4 rings (SSSR count). The van der Waals surface area contributed by atoms with Gasteiger partial charge in [-0.1, -0.05) is 0 Å². The predicted octanol–water partition coefficient (Wildman–Crippen LogP) is 3.02. The average molecular weight is 398 g/mol. The van der Waals surface area contributed by atoms with E-state index in [1.165, 1.54) is 18.2 Å². The number of aromatic amines is 1. The molecule has 0 radical (unpaired) electrons. The third kappa shape index (κ3) is 3.69. The Morgan fingerprint density at radius 3 is 2.83 bits per heavy atom. The van der Waals surface area contributed by atoms with Crippen molar-refractivity contribution in [2.45, 2.75) is 39.2 Å². The van der Waals surface area contributed by atoms with Crippen LogP contribution >= 0.6 is 0 Å². The zero-order valence-electron chi connectivity index (χ0n) is 16.5. The second-order valence-corrected chi connectivity index (χ2v) is 7.90. The van der Waals surface area contributed by atoms with E-state index in [1.54, 1.807) is 17.9 Å². The highest BCUT2D eigenvalue weighted by molar-refractivity contribution is 6.00. The van der Waals surface area contributed by atoms with E-state index in [-0.39, 0.29) is 46.8 Å². The van der Waals surface area contributed by atoms with Gasteiger partial charge in [0.05, 0.1) is 5.56 Å². The zero-order chi connectivity index (χ0) is 20.7. The minimum Gasteiger partial charge on any atom is -0.489 e. The Hall–Kier alpha value is -2.96. The molecule has 1 N–H and O–H groups in total. The molecule has 3 heterocycles. The molecule has 2 aromatic rings. The number of fused-ring (bicyclic) bond motifs is 1. The maximum atomic E-state index is 13.4. The summed E-state index contributed by atoms with van der Waals surface area (Å²) in [5.74, 6) is -0.553. The normalized spacial score (nSPS) is 21.5. The van der Waals surface area contributed by atoms with Crippen LogP contribution in [0.15, 0.2) is 29.1 Å². The first-order chi connectivity index (χ1) is 13.8. The number of Topliss-reactive ketones (excluding diaryl/α,β-unsaturated/α-hetero) is 1. The fourth-order valence-corrected chi connectivity index (χ4v) is 4.14. The number of H-pyrrole nitrogens is 1. The Bertz CT molecular complexity index is 1050. The van der Waals surface area contributed by atoms with E-state index in [4.69, 9.17) is 4.74 Å². The third-order valence-electron chi connectivity index (χ3n) is 5.91. The van der Waals surface area contributed by atoms with E-state index in [2.05, 4.69) is 4.98 Å². The molecule has 0 aliphatic carbocycles. The number of amides is 1. The first-order valence-corrected chi connectivity index (χ1v) is 9.82. The maximum Gasteiger partial charge on any atom is 0.261 e. The highest BCUT2D eigenvalue weighted by Gasteiger charge is 2.36. The summed E-state index contributed by atoms with van der Waals surface area (Å²) in [5.41, 5.74) is 1.61.